The highest BCUT2D eigenvalue weighted by atomic mass is 32.2. The summed E-state index contributed by atoms with van der Waals surface area (Å²) >= 11 is 1.53. The summed E-state index contributed by atoms with van der Waals surface area (Å²) in [5.74, 6) is 1.70. The van der Waals surface area contributed by atoms with Gasteiger partial charge in [0.15, 0.2) is 11.5 Å². The standard InChI is InChI=1S/C20H24N2O6S2/c1-26-15-5-3-14(4-6-15)21-20(23)17(9-12-29-2)22-30(24,25)16-7-8-18-19(13-16)28-11-10-27-18/h3-8,13,17,22H,9-12H2,1-2H3,(H,21,23). The average molecular weight is 453 g/mol. The number of carbonyl (C=O) groups excluding carboxylic acids is 1. The summed E-state index contributed by atoms with van der Waals surface area (Å²) in [6.07, 6.45) is 2.24. The van der Waals surface area contributed by atoms with Gasteiger partial charge in [0.25, 0.3) is 0 Å². The first-order valence-corrected chi connectivity index (χ1v) is 12.2. The van der Waals surface area contributed by atoms with Gasteiger partial charge in [0.05, 0.1) is 12.0 Å². The highest BCUT2D eigenvalue weighted by molar-refractivity contribution is 7.98. The normalized spacial score (nSPS) is 14.1. The predicted molar refractivity (Wildman–Crippen MR) is 116 cm³/mol. The Morgan fingerprint density at radius 2 is 1.83 bits per heavy atom. The van der Waals surface area contributed by atoms with Gasteiger partial charge in [0.2, 0.25) is 15.9 Å². The van der Waals surface area contributed by atoms with Crippen LogP contribution in [0, 0.1) is 0 Å². The van der Waals surface area contributed by atoms with Crippen LogP contribution in [0.4, 0.5) is 5.69 Å². The number of fused-ring (bicyclic) bond motifs is 1. The summed E-state index contributed by atoms with van der Waals surface area (Å²) in [7, 11) is -2.39. The van der Waals surface area contributed by atoms with Crippen molar-refractivity contribution in [3.8, 4) is 17.2 Å². The molecule has 8 nitrogen and oxygen atoms in total. The van der Waals surface area contributed by atoms with Gasteiger partial charge in [-0.05, 0) is 54.8 Å². The third kappa shape index (κ3) is 5.59. The van der Waals surface area contributed by atoms with E-state index in [0.717, 1.165) is 0 Å². The minimum absolute atomic E-state index is 0.0122. The number of anilines is 1. The highest BCUT2D eigenvalue weighted by Crippen LogP contribution is 2.32. The Hall–Kier alpha value is -2.43. The summed E-state index contributed by atoms with van der Waals surface area (Å²) in [5, 5.41) is 2.75. The minimum Gasteiger partial charge on any atom is -0.497 e. The third-order valence-corrected chi connectivity index (χ3v) is 6.52. The van der Waals surface area contributed by atoms with Crippen LogP contribution < -0.4 is 24.2 Å². The van der Waals surface area contributed by atoms with E-state index in [2.05, 4.69) is 10.0 Å². The molecule has 2 aromatic carbocycles. The van der Waals surface area contributed by atoms with E-state index in [1.807, 2.05) is 6.26 Å². The van der Waals surface area contributed by atoms with E-state index in [1.54, 1.807) is 37.4 Å². The van der Waals surface area contributed by atoms with Crippen LogP contribution in [0.5, 0.6) is 17.2 Å². The maximum Gasteiger partial charge on any atom is 0.242 e. The molecule has 30 heavy (non-hydrogen) atoms. The second-order valence-corrected chi connectivity index (χ2v) is 9.18. The zero-order valence-corrected chi connectivity index (χ0v) is 18.3. The molecule has 2 N–H and O–H groups in total. The van der Waals surface area contributed by atoms with Crippen molar-refractivity contribution in [1.29, 1.82) is 0 Å². The Labute approximate surface area is 180 Å². The van der Waals surface area contributed by atoms with Crippen LogP contribution in [0.2, 0.25) is 0 Å². The molecule has 10 heteroatoms. The molecule has 0 fully saturated rings. The van der Waals surface area contributed by atoms with E-state index in [-0.39, 0.29) is 4.90 Å². The zero-order chi connectivity index (χ0) is 21.6. The number of hydrogen-bond donors (Lipinski definition) is 2. The van der Waals surface area contributed by atoms with Crippen molar-refractivity contribution < 1.29 is 27.4 Å². The van der Waals surface area contributed by atoms with Crippen molar-refractivity contribution in [2.75, 3.05) is 37.6 Å². The van der Waals surface area contributed by atoms with Crippen molar-refractivity contribution in [2.45, 2.75) is 17.4 Å². The second kappa shape index (κ2) is 10.1. The molecule has 0 radical (unpaired) electrons. The molecule has 1 atom stereocenters. The average Bonchev–Trinajstić information content (AvgIpc) is 2.76. The number of methoxy groups -OCH3 is 1. The summed E-state index contributed by atoms with van der Waals surface area (Å²) in [4.78, 5) is 12.8. The number of nitrogens with one attached hydrogen (secondary N) is 2. The lowest BCUT2D eigenvalue weighted by Crippen LogP contribution is -2.44. The van der Waals surface area contributed by atoms with E-state index in [9.17, 15) is 13.2 Å². The molecule has 1 amide bonds. The van der Waals surface area contributed by atoms with Crippen molar-refractivity contribution in [2.24, 2.45) is 0 Å². The Bertz CT molecular complexity index is 979. The second-order valence-electron chi connectivity index (χ2n) is 6.48. The molecule has 162 valence electrons. The van der Waals surface area contributed by atoms with Crippen molar-refractivity contribution >= 4 is 33.4 Å². The maximum atomic E-state index is 12.9. The van der Waals surface area contributed by atoms with E-state index in [4.69, 9.17) is 14.2 Å². The zero-order valence-electron chi connectivity index (χ0n) is 16.7. The lowest BCUT2D eigenvalue weighted by atomic mass is 10.2. The van der Waals surface area contributed by atoms with Crippen LogP contribution >= 0.6 is 11.8 Å². The fraction of sp³-hybridized carbons (Fsp3) is 0.350. The smallest absolute Gasteiger partial charge is 0.242 e. The Balaban J connectivity index is 1.76. The molecule has 1 aliphatic rings. The Morgan fingerprint density at radius 1 is 1.13 bits per heavy atom. The van der Waals surface area contributed by atoms with Crippen LogP contribution in [-0.2, 0) is 14.8 Å². The molecule has 1 aliphatic heterocycles. The topological polar surface area (TPSA) is 103 Å². The van der Waals surface area contributed by atoms with Crippen LogP contribution in [0.1, 0.15) is 6.42 Å². The van der Waals surface area contributed by atoms with E-state index >= 15 is 0 Å². The maximum absolute atomic E-state index is 12.9. The van der Waals surface area contributed by atoms with E-state index in [1.165, 1.54) is 23.9 Å². The van der Waals surface area contributed by atoms with Gasteiger partial charge in [-0.3, -0.25) is 4.79 Å². The Kier molecular flexibility index (Phi) is 7.46. The van der Waals surface area contributed by atoms with Gasteiger partial charge < -0.3 is 19.5 Å². The number of amides is 1. The van der Waals surface area contributed by atoms with Crippen molar-refractivity contribution in [1.82, 2.24) is 4.72 Å². The van der Waals surface area contributed by atoms with Gasteiger partial charge >= 0.3 is 0 Å². The van der Waals surface area contributed by atoms with E-state index in [0.29, 0.717) is 48.3 Å². The molecule has 0 aliphatic carbocycles. The number of hydrogen-bond acceptors (Lipinski definition) is 7. The van der Waals surface area contributed by atoms with Gasteiger partial charge in [-0.25, -0.2) is 8.42 Å². The molecule has 0 bridgehead atoms. The fourth-order valence-electron chi connectivity index (χ4n) is 2.83. The van der Waals surface area contributed by atoms with Crippen LogP contribution in [0.3, 0.4) is 0 Å². The monoisotopic (exact) mass is 452 g/mol. The summed E-state index contributed by atoms with van der Waals surface area (Å²) in [5.41, 5.74) is 0.550. The van der Waals surface area contributed by atoms with Gasteiger partial charge in [0.1, 0.15) is 25.0 Å². The molecule has 0 saturated carbocycles. The van der Waals surface area contributed by atoms with Crippen LogP contribution in [0.15, 0.2) is 47.4 Å². The van der Waals surface area contributed by atoms with Crippen molar-refractivity contribution in [3.63, 3.8) is 0 Å². The number of thioether (sulfide) groups is 1. The summed E-state index contributed by atoms with van der Waals surface area (Å²) in [6, 6.07) is 10.3. The summed E-state index contributed by atoms with van der Waals surface area (Å²) in [6.45, 7) is 0.768. The number of rotatable bonds is 9. The quantitative estimate of drug-likeness (QED) is 0.603. The number of carbonyl (C=O) groups is 1. The molecule has 2 aromatic rings. The first-order valence-electron chi connectivity index (χ1n) is 9.29. The molecule has 0 saturated heterocycles. The molecule has 1 unspecified atom stereocenters. The molecule has 0 aromatic heterocycles. The first kappa shape index (κ1) is 22.3. The molecule has 1 heterocycles. The van der Waals surface area contributed by atoms with Crippen molar-refractivity contribution in [3.05, 3.63) is 42.5 Å². The predicted octanol–water partition coefficient (Wildman–Crippen LogP) is 2.51. The van der Waals surface area contributed by atoms with Gasteiger partial charge in [-0.15, -0.1) is 0 Å². The largest absolute Gasteiger partial charge is 0.497 e. The van der Waals surface area contributed by atoms with Gasteiger partial charge in [-0.1, -0.05) is 0 Å². The third-order valence-electron chi connectivity index (χ3n) is 4.41. The molecule has 3 rings (SSSR count). The lowest BCUT2D eigenvalue weighted by Gasteiger charge is -2.21. The highest BCUT2D eigenvalue weighted by Gasteiger charge is 2.27. The number of ether oxygens (including phenoxy) is 3. The Morgan fingerprint density at radius 3 is 2.50 bits per heavy atom. The van der Waals surface area contributed by atoms with Crippen LogP contribution in [-0.4, -0.2) is 52.7 Å². The van der Waals surface area contributed by atoms with Gasteiger partial charge in [0, 0.05) is 11.8 Å². The molecular weight excluding hydrogens is 428 g/mol. The molecular formula is C20H24N2O6S2. The van der Waals surface area contributed by atoms with Gasteiger partial charge in [-0.2, -0.15) is 16.5 Å². The fourth-order valence-corrected chi connectivity index (χ4v) is 4.55. The van der Waals surface area contributed by atoms with Crippen LogP contribution in [0.25, 0.3) is 0 Å². The molecule has 0 spiro atoms. The number of sulfonamides is 1. The SMILES string of the molecule is COc1ccc(NC(=O)C(CCSC)NS(=O)(=O)c2ccc3c(c2)OCCO3)cc1. The number of benzene rings is 2. The van der Waals surface area contributed by atoms with E-state index < -0.39 is 22.0 Å². The first-order chi connectivity index (χ1) is 14.4. The lowest BCUT2D eigenvalue weighted by molar-refractivity contribution is -0.117. The minimum atomic E-state index is -3.95. The summed E-state index contributed by atoms with van der Waals surface area (Å²) < 4.78 is 44.4.